The number of ether oxygens (including phenoxy) is 2. The van der Waals surface area contributed by atoms with Crippen LogP contribution in [0.5, 0.6) is 11.5 Å². The van der Waals surface area contributed by atoms with Gasteiger partial charge in [0.2, 0.25) is 0 Å². The summed E-state index contributed by atoms with van der Waals surface area (Å²) >= 11 is 0. The van der Waals surface area contributed by atoms with E-state index in [1.165, 1.54) is 22.8 Å². The van der Waals surface area contributed by atoms with Gasteiger partial charge in [-0.15, -0.1) is 0 Å². The molecule has 36 heavy (non-hydrogen) atoms. The number of esters is 1. The van der Waals surface area contributed by atoms with Gasteiger partial charge >= 0.3 is 11.7 Å². The number of aryl methyl sites for hydroxylation is 1. The predicted octanol–water partition coefficient (Wildman–Crippen LogP) is 4.26. The number of anilines is 1. The summed E-state index contributed by atoms with van der Waals surface area (Å²) in [6.07, 6.45) is 0.199. The molecule has 0 saturated heterocycles. The van der Waals surface area contributed by atoms with E-state index in [0.717, 1.165) is 0 Å². The van der Waals surface area contributed by atoms with Crippen LogP contribution in [0.25, 0.3) is 11.1 Å². The first-order chi connectivity index (χ1) is 17.4. The van der Waals surface area contributed by atoms with Crippen molar-refractivity contribution in [2.45, 2.75) is 19.4 Å². The molecule has 184 valence electrons. The highest BCUT2D eigenvalue weighted by molar-refractivity contribution is 5.93. The van der Waals surface area contributed by atoms with Gasteiger partial charge in [0.25, 0.3) is 11.6 Å². The van der Waals surface area contributed by atoms with E-state index >= 15 is 0 Å². The number of nitrogens with one attached hydrogen (secondary N) is 1. The van der Waals surface area contributed by atoms with E-state index < -0.39 is 29.2 Å². The molecule has 1 N–H and O–H groups in total. The second-order valence-electron chi connectivity index (χ2n) is 7.68. The second-order valence-corrected chi connectivity index (χ2v) is 7.68. The molecule has 1 amide bonds. The highest BCUT2D eigenvalue weighted by atomic mass is 16.6. The number of hydrogen-bond donors (Lipinski definition) is 1. The lowest BCUT2D eigenvalue weighted by Crippen LogP contribution is -2.21. The van der Waals surface area contributed by atoms with Crippen LogP contribution in [0.3, 0.4) is 0 Å². The monoisotopic (exact) mass is 491 g/mol. The van der Waals surface area contributed by atoms with Gasteiger partial charge in [-0.05, 0) is 36.8 Å². The minimum absolute atomic E-state index is 0.0419. The number of hydrogen-bond acceptors (Lipinski definition) is 8. The molecule has 0 unspecified atom stereocenters. The topological polar surface area (TPSA) is 143 Å². The summed E-state index contributed by atoms with van der Waals surface area (Å²) in [6, 6.07) is 19.8. The zero-order chi connectivity index (χ0) is 25.5. The van der Waals surface area contributed by atoms with Crippen molar-refractivity contribution in [3.8, 4) is 11.5 Å². The number of oxazole rings is 1. The maximum Gasteiger partial charge on any atom is 0.419 e. The fraction of sp³-hybridized carbons (Fsp3) is 0.160. The van der Waals surface area contributed by atoms with Crippen LogP contribution in [0.1, 0.15) is 12.8 Å². The Morgan fingerprint density at radius 3 is 2.56 bits per heavy atom. The van der Waals surface area contributed by atoms with Crippen molar-refractivity contribution in [1.82, 2.24) is 4.57 Å². The second kappa shape index (κ2) is 11.0. The average Bonchev–Trinajstić information content (AvgIpc) is 3.18. The third kappa shape index (κ3) is 6.14. The minimum atomic E-state index is -0.684. The third-order valence-electron chi connectivity index (χ3n) is 5.09. The first-order valence-corrected chi connectivity index (χ1v) is 11.0. The summed E-state index contributed by atoms with van der Waals surface area (Å²) in [5.74, 6) is -0.618. The van der Waals surface area contributed by atoms with Crippen LogP contribution < -0.4 is 15.8 Å². The van der Waals surface area contributed by atoms with Crippen molar-refractivity contribution in [2.75, 3.05) is 11.9 Å². The van der Waals surface area contributed by atoms with Crippen molar-refractivity contribution < 1.29 is 28.4 Å². The Hall–Kier alpha value is -4.93. The maximum absolute atomic E-state index is 12.2. The number of para-hydroxylation sites is 1. The molecule has 0 bridgehead atoms. The van der Waals surface area contributed by atoms with Gasteiger partial charge in [-0.1, -0.05) is 24.3 Å². The van der Waals surface area contributed by atoms with E-state index in [9.17, 15) is 24.5 Å². The number of amides is 1. The van der Waals surface area contributed by atoms with Gasteiger partial charge in [0.15, 0.2) is 12.2 Å². The summed E-state index contributed by atoms with van der Waals surface area (Å²) < 4.78 is 17.1. The van der Waals surface area contributed by atoms with E-state index in [4.69, 9.17) is 13.9 Å². The van der Waals surface area contributed by atoms with Gasteiger partial charge in [0.05, 0.1) is 16.5 Å². The van der Waals surface area contributed by atoms with Crippen LogP contribution in [-0.2, 0) is 20.9 Å². The molecule has 0 spiro atoms. The van der Waals surface area contributed by atoms with E-state index in [0.29, 0.717) is 22.7 Å². The van der Waals surface area contributed by atoms with Gasteiger partial charge in [-0.2, -0.15) is 0 Å². The number of carbonyl (C=O) groups is 2. The SMILES string of the molecule is O=C(COC(=O)CCCn1c(=O)oc2cc([N+](=O)[O-])ccc21)Nc1cccc(Oc2ccccc2)c1. The summed E-state index contributed by atoms with van der Waals surface area (Å²) in [6.45, 7) is -0.333. The van der Waals surface area contributed by atoms with Crippen LogP contribution in [0.2, 0.25) is 0 Å². The van der Waals surface area contributed by atoms with Crippen molar-refractivity contribution in [3.63, 3.8) is 0 Å². The number of benzene rings is 3. The Morgan fingerprint density at radius 1 is 1.00 bits per heavy atom. The number of carbonyl (C=O) groups excluding carboxylic acids is 2. The number of non-ortho nitro benzene ring substituents is 1. The lowest BCUT2D eigenvalue weighted by molar-refractivity contribution is -0.384. The van der Waals surface area contributed by atoms with Crippen LogP contribution in [0.15, 0.2) is 82.0 Å². The smallest absolute Gasteiger partial charge is 0.419 e. The fourth-order valence-electron chi connectivity index (χ4n) is 3.44. The number of rotatable bonds is 10. The third-order valence-corrected chi connectivity index (χ3v) is 5.09. The molecule has 1 heterocycles. The largest absolute Gasteiger partial charge is 0.457 e. The number of fused-ring (bicyclic) bond motifs is 1. The number of aromatic nitrogens is 1. The summed E-state index contributed by atoms with van der Waals surface area (Å²) in [5, 5.41) is 13.5. The lowest BCUT2D eigenvalue weighted by Gasteiger charge is -2.09. The van der Waals surface area contributed by atoms with Crippen LogP contribution in [0.4, 0.5) is 11.4 Å². The average molecular weight is 491 g/mol. The minimum Gasteiger partial charge on any atom is -0.457 e. The van der Waals surface area contributed by atoms with Gasteiger partial charge in [0, 0.05) is 30.8 Å². The Kier molecular flexibility index (Phi) is 7.39. The molecule has 11 heteroatoms. The molecule has 0 fully saturated rings. The highest BCUT2D eigenvalue weighted by Crippen LogP contribution is 2.24. The Morgan fingerprint density at radius 2 is 1.78 bits per heavy atom. The molecule has 0 aliphatic heterocycles. The normalized spacial score (nSPS) is 10.7. The summed E-state index contributed by atoms with van der Waals surface area (Å²) in [4.78, 5) is 46.6. The molecule has 0 saturated carbocycles. The Balaban J connectivity index is 1.23. The molecule has 4 aromatic rings. The predicted molar refractivity (Wildman–Crippen MR) is 129 cm³/mol. The van der Waals surface area contributed by atoms with Gasteiger partial charge in [-0.25, -0.2) is 4.79 Å². The molecule has 0 aliphatic rings. The summed E-state index contributed by atoms with van der Waals surface area (Å²) in [7, 11) is 0. The molecular weight excluding hydrogens is 470 g/mol. The van der Waals surface area contributed by atoms with Gasteiger partial charge < -0.3 is 19.2 Å². The standard InChI is InChI=1S/C25H21N3O8/c29-23(26-17-6-4-9-20(14-17)35-19-7-2-1-3-8-19)16-34-24(30)10-5-13-27-21-12-11-18(28(32)33)15-22(21)36-25(27)31/h1-4,6-9,11-12,14-15H,5,10,13,16H2,(H,26,29). The van der Waals surface area contributed by atoms with E-state index in [-0.39, 0.29) is 30.7 Å². The van der Waals surface area contributed by atoms with E-state index in [1.54, 1.807) is 24.3 Å². The van der Waals surface area contributed by atoms with Crippen molar-refractivity contribution in [3.05, 3.63) is 93.5 Å². The molecule has 11 nitrogen and oxygen atoms in total. The first kappa shape index (κ1) is 24.2. The molecular formula is C25H21N3O8. The van der Waals surface area contributed by atoms with E-state index in [1.807, 2.05) is 30.3 Å². The quantitative estimate of drug-likeness (QED) is 0.197. The molecule has 3 aromatic carbocycles. The van der Waals surface area contributed by atoms with Crippen molar-refractivity contribution in [1.29, 1.82) is 0 Å². The lowest BCUT2D eigenvalue weighted by atomic mass is 10.2. The van der Waals surface area contributed by atoms with E-state index in [2.05, 4.69) is 5.32 Å². The molecule has 4 rings (SSSR count). The number of nitro benzene ring substituents is 1. The summed E-state index contributed by atoms with van der Waals surface area (Å²) in [5.41, 5.74) is 0.764. The Labute approximate surface area is 204 Å². The highest BCUT2D eigenvalue weighted by Gasteiger charge is 2.15. The first-order valence-electron chi connectivity index (χ1n) is 11.0. The fourth-order valence-corrected chi connectivity index (χ4v) is 3.44. The Bertz CT molecular complexity index is 1460. The van der Waals surface area contributed by atoms with Crippen molar-refractivity contribution in [2.24, 2.45) is 0 Å². The van der Waals surface area contributed by atoms with Gasteiger partial charge in [-0.3, -0.25) is 24.3 Å². The molecule has 1 aromatic heterocycles. The number of nitro groups is 1. The molecule has 0 aliphatic carbocycles. The zero-order valence-electron chi connectivity index (χ0n) is 18.9. The van der Waals surface area contributed by atoms with Gasteiger partial charge in [0.1, 0.15) is 11.5 Å². The molecule has 0 atom stereocenters. The van der Waals surface area contributed by atoms with Crippen LogP contribution >= 0.6 is 0 Å². The zero-order valence-corrected chi connectivity index (χ0v) is 18.9. The van der Waals surface area contributed by atoms with Crippen LogP contribution in [-0.4, -0.2) is 28.0 Å². The maximum atomic E-state index is 12.2. The van der Waals surface area contributed by atoms with Crippen molar-refractivity contribution >= 4 is 34.4 Å². The molecule has 0 radical (unpaired) electrons. The number of nitrogens with zero attached hydrogens (tertiary/aromatic N) is 2. The van der Waals surface area contributed by atoms with Crippen LogP contribution in [0, 0.1) is 10.1 Å².